The summed E-state index contributed by atoms with van der Waals surface area (Å²) in [6.45, 7) is 8.71. The molecule has 2 heteroatoms. The first-order valence-corrected chi connectivity index (χ1v) is 5.00. The summed E-state index contributed by atoms with van der Waals surface area (Å²) in [6.07, 6.45) is 3.49. The smallest absolute Gasteiger partial charge is 0.0496 e. The quantitative estimate of drug-likeness (QED) is 0.575. The molecule has 0 bridgehead atoms. The summed E-state index contributed by atoms with van der Waals surface area (Å²) in [4.78, 5) is 0. The van der Waals surface area contributed by atoms with Crippen LogP contribution in [0.25, 0.3) is 0 Å². The molecule has 1 unspecified atom stereocenters. The molecule has 2 N–H and O–H groups in total. The van der Waals surface area contributed by atoms with E-state index in [1.807, 2.05) is 0 Å². The Morgan fingerprint density at radius 3 is 2.42 bits per heavy atom. The minimum atomic E-state index is 0.0771. The fourth-order valence-electron chi connectivity index (χ4n) is 0.985. The molecule has 1 atom stereocenters. The Bertz CT molecular complexity index is 100. The Morgan fingerprint density at radius 2 is 2.00 bits per heavy atom. The van der Waals surface area contributed by atoms with Gasteiger partial charge in [-0.25, -0.2) is 0 Å². The number of nitrogens with one attached hydrogen (secondary N) is 1. The highest BCUT2D eigenvalue weighted by Crippen LogP contribution is 2.18. The van der Waals surface area contributed by atoms with Crippen LogP contribution in [0.5, 0.6) is 0 Å². The van der Waals surface area contributed by atoms with Crippen molar-refractivity contribution in [3.63, 3.8) is 0 Å². The van der Waals surface area contributed by atoms with Gasteiger partial charge < -0.3 is 10.4 Å². The van der Waals surface area contributed by atoms with E-state index in [0.717, 1.165) is 19.5 Å². The van der Waals surface area contributed by atoms with Crippen molar-refractivity contribution in [2.24, 2.45) is 5.41 Å². The summed E-state index contributed by atoms with van der Waals surface area (Å²) >= 11 is 0. The highest BCUT2D eigenvalue weighted by Gasteiger charge is 2.19. The van der Waals surface area contributed by atoms with Gasteiger partial charge in [0.05, 0.1) is 0 Å². The molecule has 0 amide bonds. The van der Waals surface area contributed by atoms with Gasteiger partial charge in [-0.3, -0.25) is 0 Å². The average molecular weight is 173 g/mol. The van der Waals surface area contributed by atoms with Crippen molar-refractivity contribution in [1.82, 2.24) is 5.32 Å². The molecule has 0 aromatic carbocycles. The van der Waals surface area contributed by atoms with Crippen molar-refractivity contribution < 1.29 is 5.11 Å². The lowest BCUT2D eigenvalue weighted by atomic mass is 9.89. The van der Waals surface area contributed by atoms with Crippen LogP contribution in [0.2, 0.25) is 0 Å². The third-order valence-corrected chi connectivity index (χ3v) is 2.49. The fourth-order valence-corrected chi connectivity index (χ4v) is 0.985. The van der Waals surface area contributed by atoms with Gasteiger partial charge in [0.15, 0.2) is 0 Å². The Morgan fingerprint density at radius 1 is 1.33 bits per heavy atom. The SMILES string of the molecule is CCCCNCC(C)(CC)CO. The Balaban J connectivity index is 3.45. The summed E-state index contributed by atoms with van der Waals surface area (Å²) in [5, 5.41) is 12.5. The third-order valence-electron chi connectivity index (χ3n) is 2.49. The largest absolute Gasteiger partial charge is 0.396 e. The molecule has 74 valence electrons. The van der Waals surface area contributed by atoms with Crippen LogP contribution in [0, 0.1) is 5.41 Å². The molecule has 0 radical (unpaired) electrons. The normalized spacial score (nSPS) is 16.0. The van der Waals surface area contributed by atoms with Gasteiger partial charge in [-0.1, -0.05) is 27.2 Å². The second kappa shape index (κ2) is 6.44. The van der Waals surface area contributed by atoms with E-state index >= 15 is 0 Å². The molecule has 0 aliphatic carbocycles. The Labute approximate surface area is 76.4 Å². The van der Waals surface area contributed by atoms with E-state index in [1.165, 1.54) is 12.8 Å². The fraction of sp³-hybridized carbons (Fsp3) is 1.00. The molecule has 2 nitrogen and oxygen atoms in total. The molecule has 0 spiro atoms. The molecule has 0 saturated carbocycles. The minimum absolute atomic E-state index is 0.0771. The van der Waals surface area contributed by atoms with Gasteiger partial charge in [-0.15, -0.1) is 0 Å². The summed E-state index contributed by atoms with van der Waals surface area (Å²) in [7, 11) is 0. The molecule has 0 heterocycles. The van der Waals surface area contributed by atoms with Gasteiger partial charge in [-0.2, -0.15) is 0 Å². The standard InChI is InChI=1S/C10H23NO/c1-4-6-7-11-8-10(3,5-2)9-12/h11-12H,4-9H2,1-3H3. The van der Waals surface area contributed by atoms with Crippen LogP contribution in [0.1, 0.15) is 40.0 Å². The van der Waals surface area contributed by atoms with Crippen LogP contribution < -0.4 is 5.32 Å². The second-order valence-electron chi connectivity index (χ2n) is 3.85. The van der Waals surface area contributed by atoms with Gasteiger partial charge in [-0.05, 0) is 19.4 Å². The molecule has 0 aromatic heterocycles. The van der Waals surface area contributed by atoms with Crippen molar-refractivity contribution in [2.45, 2.75) is 40.0 Å². The summed E-state index contributed by atoms with van der Waals surface area (Å²) in [5.41, 5.74) is 0.0771. The molecule has 0 aliphatic rings. The zero-order valence-corrected chi connectivity index (χ0v) is 8.69. The highest BCUT2D eigenvalue weighted by molar-refractivity contribution is 4.73. The van der Waals surface area contributed by atoms with E-state index < -0.39 is 0 Å². The summed E-state index contributed by atoms with van der Waals surface area (Å²) < 4.78 is 0. The lowest BCUT2D eigenvalue weighted by molar-refractivity contribution is 0.135. The van der Waals surface area contributed by atoms with E-state index in [0.29, 0.717) is 0 Å². The lowest BCUT2D eigenvalue weighted by Crippen LogP contribution is -2.34. The second-order valence-corrected chi connectivity index (χ2v) is 3.85. The van der Waals surface area contributed by atoms with E-state index in [2.05, 4.69) is 26.1 Å². The van der Waals surface area contributed by atoms with Gasteiger partial charge in [0.1, 0.15) is 0 Å². The molecule has 0 rings (SSSR count). The highest BCUT2D eigenvalue weighted by atomic mass is 16.3. The van der Waals surface area contributed by atoms with Crippen molar-refractivity contribution in [3.8, 4) is 0 Å². The number of aliphatic hydroxyl groups is 1. The van der Waals surface area contributed by atoms with E-state index in [-0.39, 0.29) is 12.0 Å². The van der Waals surface area contributed by atoms with Gasteiger partial charge in [0.2, 0.25) is 0 Å². The predicted molar refractivity (Wildman–Crippen MR) is 53.3 cm³/mol. The van der Waals surface area contributed by atoms with Gasteiger partial charge in [0, 0.05) is 18.6 Å². The molecular formula is C10H23NO. The minimum Gasteiger partial charge on any atom is -0.396 e. The summed E-state index contributed by atoms with van der Waals surface area (Å²) in [6, 6.07) is 0. The van der Waals surface area contributed by atoms with Crippen molar-refractivity contribution >= 4 is 0 Å². The zero-order valence-electron chi connectivity index (χ0n) is 8.69. The zero-order chi connectivity index (χ0) is 9.45. The number of unbranched alkanes of at least 4 members (excludes halogenated alkanes) is 1. The maximum absolute atomic E-state index is 9.10. The first-order valence-electron chi connectivity index (χ1n) is 5.00. The molecular weight excluding hydrogens is 150 g/mol. The molecule has 0 fully saturated rings. The van der Waals surface area contributed by atoms with Crippen LogP contribution in [0.3, 0.4) is 0 Å². The van der Waals surface area contributed by atoms with E-state index in [1.54, 1.807) is 0 Å². The number of aliphatic hydroxyl groups excluding tert-OH is 1. The first-order chi connectivity index (χ1) is 5.68. The average Bonchev–Trinajstić information content (AvgIpc) is 2.12. The molecule has 12 heavy (non-hydrogen) atoms. The van der Waals surface area contributed by atoms with Crippen LogP contribution in [-0.4, -0.2) is 24.8 Å². The van der Waals surface area contributed by atoms with Crippen LogP contribution in [0.4, 0.5) is 0 Å². The van der Waals surface area contributed by atoms with Crippen LogP contribution in [-0.2, 0) is 0 Å². The van der Waals surface area contributed by atoms with Crippen molar-refractivity contribution in [3.05, 3.63) is 0 Å². The Hall–Kier alpha value is -0.0800. The maximum Gasteiger partial charge on any atom is 0.0496 e. The Kier molecular flexibility index (Phi) is 6.39. The third kappa shape index (κ3) is 4.73. The van der Waals surface area contributed by atoms with Crippen LogP contribution >= 0.6 is 0 Å². The topological polar surface area (TPSA) is 32.3 Å². The van der Waals surface area contributed by atoms with Crippen molar-refractivity contribution in [1.29, 1.82) is 0 Å². The number of hydrogen-bond acceptors (Lipinski definition) is 2. The predicted octanol–water partition coefficient (Wildman–Crippen LogP) is 1.78. The van der Waals surface area contributed by atoms with Crippen molar-refractivity contribution in [2.75, 3.05) is 19.7 Å². The van der Waals surface area contributed by atoms with E-state index in [9.17, 15) is 0 Å². The summed E-state index contributed by atoms with van der Waals surface area (Å²) in [5.74, 6) is 0. The van der Waals surface area contributed by atoms with Crippen LogP contribution in [0.15, 0.2) is 0 Å². The number of rotatable bonds is 7. The number of hydrogen-bond donors (Lipinski definition) is 2. The molecule has 0 saturated heterocycles. The van der Waals surface area contributed by atoms with Gasteiger partial charge >= 0.3 is 0 Å². The first kappa shape index (κ1) is 11.9. The maximum atomic E-state index is 9.10. The molecule has 0 aromatic rings. The van der Waals surface area contributed by atoms with E-state index in [4.69, 9.17) is 5.11 Å². The monoisotopic (exact) mass is 173 g/mol. The lowest BCUT2D eigenvalue weighted by Gasteiger charge is -2.25. The molecule has 0 aliphatic heterocycles. The van der Waals surface area contributed by atoms with Gasteiger partial charge in [0.25, 0.3) is 0 Å².